The zero-order chi connectivity index (χ0) is 19.8. The lowest BCUT2D eigenvalue weighted by atomic mass is 10.2. The van der Waals surface area contributed by atoms with Gasteiger partial charge in [-0.1, -0.05) is 24.3 Å². The summed E-state index contributed by atoms with van der Waals surface area (Å²) in [5.41, 5.74) is 2.31. The number of amides is 2. The number of ether oxygens (including phenoxy) is 1. The zero-order valence-electron chi connectivity index (χ0n) is 15.3. The molecule has 0 spiro atoms. The van der Waals surface area contributed by atoms with E-state index in [-0.39, 0.29) is 11.8 Å². The fourth-order valence-corrected chi connectivity index (χ4v) is 2.45. The number of hydrogen-bond donors (Lipinski definition) is 2. The van der Waals surface area contributed by atoms with E-state index in [4.69, 9.17) is 4.74 Å². The van der Waals surface area contributed by atoms with Gasteiger partial charge in [-0.05, 0) is 48.0 Å². The van der Waals surface area contributed by atoms with Crippen LogP contribution in [0.2, 0.25) is 0 Å². The van der Waals surface area contributed by atoms with Crippen molar-refractivity contribution in [3.05, 3.63) is 90.3 Å². The molecule has 0 saturated heterocycles. The van der Waals surface area contributed by atoms with Crippen molar-refractivity contribution in [2.45, 2.75) is 0 Å². The first-order valence-electron chi connectivity index (χ1n) is 8.59. The summed E-state index contributed by atoms with van der Waals surface area (Å²) in [6.07, 6.45) is 6.21. The number of para-hydroxylation sites is 2. The van der Waals surface area contributed by atoms with Gasteiger partial charge in [0, 0.05) is 18.5 Å². The molecule has 28 heavy (non-hydrogen) atoms. The van der Waals surface area contributed by atoms with Gasteiger partial charge in [-0.2, -0.15) is 0 Å². The number of rotatable bonds is 6. The molecule has 0 fully saturated rings. The number of anilines is 2. The van der Waals surface area contributed by atoms with Gasteiger partial charge in [-0.3, -0.25) is 14.6 Å². The van der Waals surface area contributed by atoms with E-state index < -0.39 is 0 Å². The molecule has 0 aliphatic carbocycles. The molecular formula is C22H19N3O3. The van der Waals surface area contributed by atoms with Gasteiger partial charge in [-0.15, -0.1) is 0 Å². The fourth-order valence-electron chi connectivity index (χ4n) is 2.45. The smallest absolute Gasteiger partial charge is 0.257 e. The summed E-state index contributed by atoms with van der Waals surface area (Å²) >= 11 is 0. The first-order valence-corrected chi connectivity index (χ1v) is 8.59. The molecule has 0 atom stereocenters. The summed E-state index contributed by atoms with van der Waals surface area (Å²) in [6, 6.07) is 17.7. The molecule has 0 aliphatic heterocycles. The molecule has 3 aromatic rings. The molecule has 0 unspecified atom stereocenters. The van der Waals surface area contributed by atoms with E-state index in [2.05, 4.69) is 15.6 Å². The Morgan fingerprint density at radius 1 is 0.929 bits per heavy atom. The highest BCUT2D eigenvalue weighted by atomic mass is 16.5. The number of aromatic nitrogens is 1. The lowest BCUT2D eigenvalue weighted by molar-refractivity contribution is -0.111. The van der Waals surface area contributed by atoms with E-state index in [0.717, 1.165) is 11.3 Å². The molecule has 0 bridgehead atoms. The highest BCUT2D eigenvalue weighted by molar-refractivity contribution is 6.08. The lowest BCUT2D eigenvalue weighted by Crippen LogP contribution is -2.15. The largest absolute Gasteiger partial charge is 0.497 e. The van der Waals surface area contributed by atoms with Crippen LogP contribution in [0, 0.1) is 0 Å². The van der Waals surface area contributed by atoms with Crippen molar-refractivity contribution in [2.24, 2.45) is 0 Å². The van der Waals surface area contributed by atoms with Crippen LogP contribution in [0.15, 0.2) is 79.1 Å². The summed E-state index contributed by atoms with van der Waals surface area (Å²) < 4.78 is 5.11. The van der Waals surface area contributed by atoms with Crippen LogP contribution < -0.4 is 15.4 Å². The molecule has 0 aliphatic rings. The van der Waals surface area contributed by atoms with Gasteiger partial charge < -0.3 is 15.4 Å². The average molecular weight is 373 g/mol. The minimum atomic E-state index is -0.307. The van der Waals surface area contributed by atoms with Gasteiger partial charge in [0.1, 0.15) is 5.75 Å². The third-order valence-electron chi connectivity index (χ3n) is 3.90. The standard InChI is InChI=1S/C22H19N3O3/c1-28-18-11-8-16(9-12-18)10-13-21(26)24-19-6-2-3-7-20(19)25-22(27)17-5-4-14-23-15-17/h2-15H,1H3,(H,24,26)(H,25,27)/b13-10+. The number of carbonyl (C=O) groups excluding carboxylic acids is 2. The Bertz CT molecular complexity index is 983. The van der Waals surface area contributed by atoms with Crippen LogP contribution in [-0.2, 0) is 4.79 Å². The van der Waals surface area contributed by atoms with Crippen LogP contribution in [0.25, 0.3) is 6.08 Å². The Labute approximate surface area is 162 Å². The molecule has 0 radical (unpaired) electrons. The molecule has 1 aromatic heterocycles. The summed E-state index contributed by atoms with van der Waals surface area (Å²) in [5.74, 6) is 0.141. The summed E-state index contributed by atoms with van der Waals surface area (Å²) in [6.45, 7) is 0. The molecule has 2 aromatic carbocycles. The number of benzene rings is 2. The lowest BCUT2D eigenvalue weighted by Gasteiger charge is -2.11. The van der Waals surface area contributed by atoms with Crippen LogP contribution in [0.5, 0.6) is 5.75 Å². The third-order valence-corrected chi connectivity index (χ3v) is 3.90. The summed E-state index contributed by atoms with van der Waals surface area (Å²) in [5, 5.41) is 5.57. The van der Waals surface area contributed by atoms with Gasteiger partial charge in [0.25, 0.3) is 5.91 Å². The second kappa shape index (κ2) is 9.14. The number of nitrogens with one attached hydrogen (secondary N) is 2. The fraction of sp³-hybridized carbons (Fsp3) is 0.0455. The second-order valence-electron chi connectivity index (χ2n) is 5.84. The van der Waals surface area contributed by atoms with Crippen LogP contribution >= 0.6 is 0 Å². The Kier molecular flexibility index (Phi) is 6.15. The van der Waals surface area contributed by atoms with E-state index in [0.29, 0.717) is 16.9 Å². The molecular weight excluding hydrogens is 354 g/mol. The van der Waals surface area contributed by atoms with E-state index in [1.807, 2.05) is 24.3 Å². The first kappa shape index (κ1) is 18.8. The van der Waals surface area contributed by atoms with Crippen molar-refractivity contribution in [2.75, 3.05) is 17.7 Å². The topological polar surface area (TPSA) is 80.3 Å². The van der Waals surface area contributed by atoms with Crippen molar-refractivity contribution < 1.29 is 14.3 Å². The zero-order valence-corrected chi connectivity index (χ0v) is 15.3. The van der Waals surface area contributed by atoms with Gasteiger partial charge in [-0.25, -0.2) is 0 Å². The van der Waals surface area contributed by atoms with E-state index in [1.54, 1.807) is 55.8 Å². The van der Waals surface area contributed by atoms with Gasteiger partial charge >= 0.3 is 0 Å². The number of methoxy groups -OCH3 is 1. The molecule has 2 N–H and O–H groups in total. The van der Waals surface area contributed by atoms with E-state index >= 15 is 0 Å². The SMILES string of the molecule is COc1ccc(/C=C/C(=O)Nc2ccccc2NC(=O)c2cccnc2)cc1. The molecule has 6 heteroatoms. The molecule has 0 saturated carbocycles. The third kappa shape index (κ3) is 5.04. The average Bonchev–Trinajstić information content (AvgIpc) is 2.74. The minimum absolute atomic E-state index is 0.302. The predicted molar refractivity (Wildman–Crippen MR) is 109 cm³/mol. The quantitative estimate of drug-likeness (QED) is 0.640. The Morgan fingerprint density at radius 2 is 1.64 bits per heavy atom. The molecule has 6 nitrogen and oxygen atoms in total. The van der Waals surface area contributed by atoms with E-state index in [1.165, 1.54) is 12.3 Å². The molecule has 140 valence electrons. The van der Waals surface area contributed by atoms with Crippen molar-refractivity contribution in [3.63, 3.8) is 0 Å². The van der Waals surface area contributed by atoms with Crippen molar-refractivity contribution >= 4 is 29.3 Å². The van der Waals surface area contributed by atoms with Crippen molar-refractivity contribution in [3.8, 4) is 5.75 Å². The van der Waals surface area contributed by atoms with Crippen LogP contribution in [-0.4, -0.2) is 23.9 Å². The monoisotopic (exact) mass is 373 g/mol. The minimum Gasteiger partial charge on any atom is -0.497 e. The van der Waals surface area contributed by atoms with E-state index in [9.17, 15) is 9.59 Å². The maximum absolute atomic E-state index is 12.3. The number of pyridine rings is 1. The highest BCUT2D eigenvalue weighted by Crippen LogP contribution is 2.22. The molecule has 2 amide bonds. The van der Waals surface area contributed by atoms with Crippen LogP contribution in [0.3, 0.4) is 0 Å². The second-order valence-corrected chi connectivity index (χ2v) is 5.84. The highest BCUT2D eigenvalue weighted by Gasteiger charge is 2.10. The van der Waals surface area contributed by atoms with Crippen molar-refractivity contribution in [1.82, 2.24) is 4.98 Å². The molecule has 1 heterocycles. The summed E-state index contributed by atoms with van der Waals surface area (Å²) in [4.78, 5) is 28.5. The summed E-state index contributed by atoms with van der Waals surface area (Å²) in [7, 11) is 1.60. The number of hydrogen-bond acceptors (Lipinski definition) is 4. The van der Waals surface area contributed by atoms with Gasteiger partial charge in [0.15, 0.2) is 0 Å². The van der Waals surface area contributed by atoms with Gasteiger partial charge in [0.05, 0.1) is 24.0 Å². The normalized spacial score (nSPS) is 10.5. The molecule has 3 rings (SSSR count). The Morgan fingerprint density at radius 3 is 2.29 bits per heavy atom. The van der Waals surface area contributed by atoms with Crippen molar-refractivity contribution in [1.29, 1.82) is 0 Å². The van der Waals surface area contributed by atoms with Gasteiger partial charge in [0.2, 0.25) is 5.91 Å². The Balaban J connectivity index is 1.67. The number of carbonyl (C=O) groups is 2. The maximum Gasteiger partial charge on any atom is 0.257 e. The number of nitrogens with zero attached hydrogens (tertiary/aromatic N) is 1. The predicted octanol–water partition coefficient (Wildman–Crippen LogP) is 3.99. The maximum atomic E-state index is 12.3. The van der Waals surface area contributed by atoms with Crippen LogP contribution in [0.1, 0.15) is 15.9 Å². The first-order chi connectivity index (χ1) is 13.7. The Hall–Kier alpha value is -3.93. The van der Waals surface area contributed by atoms with Crippen LogP contribution in [0.4, 0.5) is 11.4 Å².